The summed E-state index contributed by atoms with van der Waals surface area (Å²) >= 11 is 1.30. The molecule has 148 valence electrons. The fourth-order valence-electron chi connectivity index (χ4n) is 3.00. The highest BCUT2D eigenvalue weighted by Crippen LogP contribution is 2.24. The predicted molar refractivity (Wildman–Crippen MR) is 114 cm³/mol. The number of non-ortho nitro benzene ring substituents is 1. The Morgan fingerprint density at radius 1 is 1.03 bits per heavy atom. The first-order chi connectivity index (χ1) is 13.8. The second-order valence-electron chi connectivity index (χ2n) is 6.67. The number of nitrogens with one attached hydrogen (secondary N) is 1. The number of benzene rings is 2. The Hall–Kier alpha value is -3.26. The Bertz CT molecular complexity index is 1030. The van der Waals surface area contributed by atoms with Gasteiger partial charge in [-0.05, 0) is 56.2 Å². The standard InChI is InChI=1S/C21H20N4O3S/c1-13-10-14(2)21(15(3)11-13)22-19(26)12-29-20-9-8-18(23-24-20)16-4-6-17(7-5-16)25(27)28/h4-11H,12H2,1-3H3,(H,22,26). The third-order valence-corrected chi connectivity index (χ3v) is 5.23. The molecular formula is C21H20N4O3S. The summed E-state index contributed by atoms with van der Waals surface area (Å²) < 4.78 is 0. The van der Waals surface area contributed by atoms with Crippen molar-refractivity contribution in [2.75, 3.05) is 11.1 Å². The summed E-state index contributed by atoms with van der Waals surface area (Å²) in [4.78, 5) is 22.6. The van der Waals surface area contributed by atoms with Gasteiger partial charge >= 0.3 is 0 Å². The van der Waals surface area contributed by atoms with E-state index in [1.807, 2.05) is 32.9 Å². The van der Waals surface area contributed by atoms with Crippen molar-refractivity contribution in [3.05, 3.63) is 75.3 Å². The molecule has 0 aliphatic heterocycles. The number of carbonyl (C=O) groups is 1. The quantitative estimate of drug-likeness (QED) is 0.360. The summed E-state index contributed by atoms with van der Waals surface area (Å²) in [6, 6.07) is 13.8. The lowest BCUT2D eigenvalue weighted by Crippen LogP contribution is -2.16. The highest BCUT2D eigenvalue weighted by molar-refractivity contribution is 7.99. The van der Waals surface area contributed by atoms with Crippen LogP contribution in [0.1, 0.15) is 16.7 Å². The first kappa shape index (κ1) is 20.5. The summed E-state index contributed by atoms with van der Waals surface area (Å²) in [5.41, 5.74) is 5.46. The molecule has 0 bridgehead atoms. The Morgan fingerprint density at radius 2 is 1.69 bits per heavy atom. The van der Waals surface area contributed by atoms with Crippen molar-refractivity contribution in [3.63, 3.8) is 0 Å². The van der Waals surface area contributed by atoms with Crippen LogP contribution in [-0.4, -0.2) is 26.8 Å². The molecule has 1 amide bonds. The molecule has 0 unspecified atom stereocenters. The molecule has 0 spiro atoms. The second kappa shape index (κ2) is 8.83. The van der Waals surface area contributed by atoms with Crippen LogP contribution >= 0.6 is 11.8 Å². The van der Waals surface area contributed by atoms with E-state index in [1.54, 1.807) is 24.3 Å². The summed E-state index contributed by atoms with van der Waals surface area (Å²) in [6.07, 6.45) is 0. The normalized spacial score (nSPS) is 10.6. The maximum atomic E-state index is 12.3. The number of nitro groups is 1. The minimum absolute atomic E-state index is 0.0268. The fourth-order valence-corrected chi connectivity index (χ4v) is 3.61. The zero-order valence-electron chi connectivity index (χ0n) is 16.3. The molecule has 8 heteroatoms. The smallest absolute Gasteiger partial charge is 0.269 e. The minimum Gasteiger partial charge on any atom is -0.325 e. The van der Waals surface area contributed by atoms with Crippen molar-refractivity contribution >= 4 is 29.0 Å². The molecule has 3 rings (SSSR count). The number of aromatic nitrogens is 2. The zero-order chi connectivity index (χ0) is 21.0. The Labute approximate surface area is 172 Å². The molecule has 0 saturated heterocycles. The van der Waals surface area contributed by atoms with Crippen LogP contribution in [0.3, 0.4) is 0 Å². The Balaban J connectivity index is 1.60. The van der Waals surface area contributed by atoms with Gasteiger partial charge in [-0.25, -0.2) is 0 Å². The predicted octanol–water partition coefficient (Wildman–Crippen LogP) is 4.71. The fraction of sp³-hybridized carbons (Fsp3) is 0.190. The van der Waals surface area contributed by atoms with Gasteiger partial charge in [0.05, 0.1) is 16.4 Å². The SMILES string of the molecule is Cc1cc(C)c(NC(=O)CSc2ccc(-c3ccc([N+](=O)[O-])cc3)nn2)c(C)c1. The molecule has 1 aromatic heterocycles. The lowest BCUT2D eigenvalue weighted by Gasteiger charge is -2.12. The Morgan fingerprint density at radius 3 is 2.24 bits per heavy atom. The van der Waals surface area contributed by atoms with Crippen molar-refractivity contribution in [1.82, 2.24) is 10.2 Å². The maximum absolute atomic E-state index is 12.3. The van der Waals surface area contributed by atoms with Gasteiger partial charge < -0.3 is 5.32 Å². The van der Waals surface area contributed by atoms with Crippen molar-refractivity contribution < 1.29 is 9.72 Å². The van der Waals surface area contributed by atoms with Gasteiger partial charge in [0.1, 0.15) is 5.03 Å². The van der Waals surface area contributed by atoms with Crippen LogP contribution in [0.4, 0.5) is 11.4 Å². The largest absolute Gasteiger partial charge is 0.325 e. The van der Waals surface area contributed by atoms with E-state index in [4.69, 9.17) is 0 Å². The van der Waals surface area contributed by atoms with Crippen LogP contribution in [0.15, 0.2) is 53.6 Å². The van der Waals surface area contributed by atoms with E-state index >= 15 is 0 Å². The summed E-state index contributed by atoms with van der Waals surface area (Å²) in [5.74, 6) is 0.115. The average molecular weight is 408 g/mol. The average Bonchev–Trinajstić information content (AvgIpc) is 2.69. The number of nitrogens with zero attached hydrogens (tertiary/aromatic N) is 3. The lowest BCUT2D eigenvalue weighted by atomic mass is 10.1. The third kappa shape index (κ3) is 5.17. The Kier molecular flexibility index (Phi) is 6.23. The number of carbonyl (C=O) groups excluding carboxylic acids is 1. The molecule has 0 aliphatic carbocycles. The van der Waals surface area contributed by atoms with E-state index in [0.29, 0.717) is 10.7 Å². The minimum atomic E-state index is -0.445. The number of amides is 1. The van der Waals surface area contributed by atoms with Crippen LogP contribution in [0.2, 0.25) is 0 Å². The van der Waals surface area contributed by atoms with Crippen LogP contribution in [0.5, 0.6) is 0 Å². The number of thioether (sulfide) groups is 1. The van der Waals surface area contributed by atoms with Gasteiger partial charge in [-0.3, -0.25) is 14.9 Å². The van der Waals surface area contributed by atoms with E-state index in [1.165, 1.54) is 23.9 Å². The van der Waals surface area contributed by atoms with Crippen molar-refractivity contribution in [2.24, 2.45) is 0 Å². The molecule has 2 aromatic carbocycles. The molecule has 0 aliphatic rings. The topological polar surface area (TPSA) is 98.0 Å². The molecule has 7 nitrogen and oxygen atoms in total. The maximum Gasteiger partial charge on any atom is 0.269 e. The van der Waals surface area contributed by atoms with Gasteiger partial charge in [-0.1, -0.05) is 29.5 Å². The highest BCUT2D eigenvalue weighted by Gasteiger charge is 2.10. The van der Waals surface area contributed by atoms with Crippen molar-refractivity contribution in [3.8, 4) is 11.3 Å². The highest BCUT2D eigenvalue weighted by atomic mass is 32.2. The van der Waals surface area contributed by atoms with E-state index < -0.39 is 4.92 Å². The van der Waals surface area contributed by atoms with Gasteiger partial charge in [0.15, 0.2) is 0 Å². The van der Waals surface area contributed by atoms with Crippen LogP contribution in [0.25, 0.3) is 11.3 Å². The van der Waals surface area contributed by atoms with Gasteiger partial charge in [0.25, 0.3) is 5.69 Å². The van der Waals surface area contributed by atoms with Crippen LogP contribution in [0, 0.1) is 30.9 Å². The zero-order valence-corrected chi connectivity index (χ0v) is 17.1. The lowest BCUT2D eigenvalue weighted by molar-refractivity contribution is -0.384. The molecule has 1 N–H and O–H groups in total. The number of anilines is 1. The molecule has 29 heavy (non-hydrogen) atoms. The second-order valence-corrected chi connectivity index (χ2v) is 7.67. The first-order valence-electron chi connectivity index (χ1n) is 8.92. The molecule has 0 fully saturated rings. The number of hydrogen-bond acceptors (Lipinski definition) is 6. The van der Waals surface area contributed by atoms with Gasteiger partial charge in [-0.15, -0.1) is 10.2 Å². The summed E-state index contributed by atoms with van der Waals surface area (Å²) in [6.45, 7) is 5.98. The molecule has 3 aromatic rings. The van der Waals surface area contributed by atoms with E-state index in [0.717, 1.165) is 27.9 Å². The van der Waals surface area contributed by atoms with E-state index in [9.17, 15) is 14.9 Å². The van der Waals surface area contributed by atoms with Crippen molar-refractivity contribution in [2.45, 2.75) is 25.8 Å². The summed E-state index contributed by atoms with van der Waals surface area (Å²) in [7, 11) is 0. The number of nitro benzene ring substituents is 1. The van der Waals surface area contributed by atoms with Gasteiger partial charge in [0.2, 0.25) is 5.91 Å². The van der Waals surface area contributed by atoms with E-state index in [-0.39, 0.29) is 17.3 Å². The van der Waals surface area contributed by atoms with Crippen LogP contribution < -0.4 is 5.32 Å². The monoisotopic (exact) mass is 408 g/mol. The van der Waals surface area contributed by atoms with Gasteiger partial charge in [-0.2, -0.15) is 0 Å². The molecule has 0 radical (unpaired) electrons. The first-order valence-corrected chi connectivity index (χ1v) is 9.91. The number of hydrogen-bond donors (Lipinski definition) is 1. The molecule has 0 saturated carbocycles. The summed E-state index contributed by atoms with van der Waals surface area (Å²) in [5, 5.41) is 22.6. The van der Waals surface area contributed by atoms with Crippen molar-refractivity contribution in [1.29, 1.82) is 0 Å². The van der Waals surface area contributed by atoms with Crippen LogP contribution in [-0.2, 0) is 4.79 Å². The molecule has 0 atom stereocenters. The molecule has 1 heterocycles. The van der Waals surface area contributed by atoms with Gasteiger partial charge in [0, 0.05) is 23.4 Å². The third-order valence-electron chi connectivity index (χ3n) is 4.31. The number of rotatable bonds is 6. The molecular weight excluding hydrogens is 388 g/mol. The van der Waals surface area contributed by atoms with E-state index in [2.05, 4.69) is 15.5 Å². The number of aryl methyl sites for hydroxylation is 3.